The molecule has 2 amide bonds. The molecule has 0 heterocycles. The number of anilines is 1. The number of nitrogens with zero attached hydrogens (tertiary/aromatic N) is 2. The van der Waals surface area contributed by atoms with Gasteiger partial charge in [0.05, 0.1) is 22.7 Å². The third-order valence-electron chi connectivity index (χ3n) is 8.45. The molecule has 1 aliphatic carbocycles. The van der Waals surface area contributed by atoms with Gasteiger partial charge in [0.1, 0.15) is 18.3 Å². The Morgan fingerprint density at radius 1 is 0.851 bits per heavy atom. The Balaban J connectivity index is 1.56. The predicted octanol–water partition coefficient (Wildman–Crippen LogP) is 6.63. The zero-order valence-electron chi connectivity index (χ0n) is 26.4. The molecule has 0 aromatic heterocycles. The summed E-state index contributed by atoms with van der Waals surface area (Å²) in [7, 11) is -2.77. The van der Waals surface area contributed by atoms with Crippen molar-refractivity contribution in [1.29, 1.82) is 0 Å². The van der Waals surface area contributed by atoms with E-state index in [4.69, 9.17) is 16.3 Å². The molecule has 8 nitrogen and oxygen atoms in total. The van der Waals surface area contributed by atoms with Crippen LogP contribution in [0.3, 0.4) is 0 Å². The molecule has 1 fully saturated rings. The molecule has 10 heteroatoms. The molecule has 0 radical (unpaired) electrons. The van der Waals surface area contributed by atoms with E-state index in [9.17, 15) is 18.0 Å². The van der Waals surface area contributed by atoms with Gasteiger partial charge in [-0.1, -0.05) is 110 Å². The lowest BCUT2D eigenvalue weighted by Crippen LogP contribution is -2.55. The number of nitrogens with one attached hydrogen (secondary N) is 1. The van der Waals surface area contributed by atoms with Gasteiger partial charge in [-0.15, -0.1) is 0 Å². The van der Waals surface area contributed by atoms with Crippen LogP contribution in [0.1, 0.15) is 43.2 Å². The van der Waals surface area contributed by atoms with Crippen LogP contribution in [0.2, 0.25) is 5.02 Å². The fraction of sp³-hybridized carbons (Fsp3) is 0.297. The van der Waals surface area contributed by atoms with E-state index < -0.39 is 28.5 Å². The van der Waals surface area contributed by atoms with Crippen molar-refractivity contribution in [2.24, 2.45) is 0 Å². The second-order valence-corrected chi connectivity index (χ2v) is 14.0. The minimum Gasteiger partial charge on any atom is -0.495 e. The number of hydrogen-bond donors (Lipinski definition) is 1. The Morgan fingerprint density at radius 2 is 1.45 bits per heavy atom. The van der Waals surface area contributed by atoms with Crippen LogP contribution in [-0.4, -0.2) is 50.9 Å². The SMILES string of the molecule is COc1ccc(N(CC(=O)N(Cc2ccccc2)[C@H](Cc2ccccc2)C(=O)NC2CCCCC2)S(=O)(=O)c2ccccc2)cc1Cl. The van der Waals surface area contributed by atoms with Crippen LogP contribution in [0.4, 0.5) is 5.69 Å². The minimum absolute atomic E-state index is 0.0187. The van der Waals surface area contributed by atoms with Crippen molar-refractivity contribution in [2.45, 2.75) is 62.0 Å². The Hall–Kier alpha value is -4.34. The van der Waals surface area contributed by atoms with Gasteiger partial charge in [0.25, 0.3) is 10.0 Å². The number of carbonyl (C=O) groups is 2. The minimum atomic E-state index is -4.23. The summed E-state index contributed by atoms with van der Waals surface area (Å²) in [6.45, 7) is -0.452. The van der Waals surface area contributed by atoms with Crippen LogP contribution in [0.5, 0.6) is 5.75 Å². The van der Waals surface area contributed by atoms with Crippen molar-refractivity contribution in [3.05, 3.63) is 125 Å². The number of rotatable bonds is 13. The molecule has 0 saturated heterocycles. The third kappa shape index (κ3) is 8.73. The summed E-state index contributed by atoms with van der Waals surface area (Å²) in [5.74, 6) is -0.415. The second kappa shape index (κ2) is 16.0. The van der Waals surface area contributed by atoms with Crippen molar-refractivity contribution in [1.82, 2.24) is 10.2 Å². The Labute approximate surface area is 282 Å². The topological polar surface area (TPSA) is 96.0 Å². The number of methoxy groups -OCH3 is 1. The second-order valence-electron chi connectivity index (χ2n) is 11.7. The van der Waals surface area contributed by atoms with Crippen molar-refractivity contribution in [3.8, 4) is 5.75 Å². The number of sulfonamides is 1. The van der Waals surface area contributed by atoms with E-state index in [-0.39, 0.29) is 40.5 Å². The van der Waals surface area contributed by atoms with Crippen LogP contribution < -0.4 is 14.4 Å². The molecular weight excluding hydrogens is 634 g/mol. The number of carbonyl (C=O) groups excluding carboxylic acids is 2. The van der Waals surface area contributed by atoms with E-state index in [0.717, 1.165) is 47.5 Å². The summed E-state index contributed by atoms with van der Waals surface area (Å²) in [4.78, 5) is 30.3. The van der Waals surface area contributed by atoms with E-state index in [1.807, 2.05) is 60.7 Å². The maximum atomic E-state index is 14.6. The van der Waals surface area contributed by atoms with Crippen LogP contribution in [0, 0.1) is 0 Å². The predicted molar refractivity (Wildman–Crippen MR) is 185 cm³/mol. The molecule has 0 unspecified atom stereocenters. The maximum absolute atomic E-state index is 14.6. The van der Waals surface area contributed by atoms with Crippen molar-refractivity contribution >= 4 is 39.1 Å². The summed E-state index contributed by atoms with van der Waals surface area (Å²) >= 11 is 6.46. The molecule has 0 spiro atoms. The standard InChI is InChI=1S/C37H40ClN3O5S/c1-46-35-23-22-31(25-33(35)38)41(47(44,45)32-20-12-5-13-21-32)27-36(42)40(26-29-16-8-3-9-17-29)34(24-28-14-6-2-7-15-28)37(43)39-30-18-10-4-11-19-30/h2-3,5-9,12-17,20-23,25,30,34H,4,10-11,18-19,24,26-27H2,1H3,(H,39,43)/t34-/m1/s1. The number of ether oxygens (including phenoxy) is 1. The van der Waals surface area contributed by atoms with E-state index in [2.05, 4.69) is 5.32 Å². The Bertz CT molecular complexity index is 1730. The molecular formula is C37H40ClN3O5S. The maximum Gasteiger partial charge on any atom is 0.264 e. The van der Waals surface area contributed by atoms with Gasteiger partial charge in [0, 0.05) is 19.0 Å². The molecule has 0 bridgehead atoms. The average molecular weight is 674 g/mol. The quantitative estimate of drug-likeness (QED) is 0.172. The zero-order valence-corrected chi connectivity index (χ0v) is 28.0. The zero-order chi connectivity index (χ0) is 33.2. The Morgan fingerprint density at radius 3 is 2.04 bits per heavy atom. The van der Waals surface area contributed by atoms with E-state index >= 15 is 0 Å². The summed E-state index contributed by atoms with van der Waals surface area (Å²) in [5.41, 5.74) is 1.89. The smallest absolute Gasteiger partial charge is 0.264 e. The Kier molecular flexibility index (Phi) is 11.6. The first-order chi connectivity index (χ1) is 22.8. The van der Waals surface area contributed by atoms with Gasteiger partial charge in [-0.2, -0.15) is 0 Å². The van der Waals surface area contributed by atoms with Gasteiger partial charge in [-0.25, -0.2) is 8.42 Å². The molecule has 4 aromatic carbocycles. The van der Waals surface area contributed by atoms with Crippen molar-refractivity contribution in [3.63, 3.8) is 0 Å². The molecule has 246 valence electrons. The molecule has 1 N–H and O–H groups in total. The molecule has 5 rings (SSSR count). The first kappa shape index (κ1) is 34.0. The fourth-order valence-electron chi connectivity index (χ4n) is 5.94. The van der Waals surface area contributed by atoms with Gasteiger partial charge < -0.3 is 15.0 Å². The van der Waals surface area contributed by atoms with Crippen molar-refractivity contribution in [2.75, 3.05) is 18.0 Å². The lowest BCUT2D eigenvalue weighted by molar-refractivity contribution is -0.140. The number of halogens is 1. The highest BCUT2D eigenvalue weighted by atomic mass is 35.5. The van der Waals surface area contributed by atoms with Crippen LogP contribution >= 0.6 is 11.6 Å². The molecule has 1 saturated carbocycles. The third-order valence-corrected chi connectivity index (χ3v) is 10.5. The molecule has 1 atom stereocenters. The van der Waals surface area contributed by atoms with E-state index in [1.165, 1.54) is 30.2 Å². The van der Waals surface area contributed by atoms with Gasteiger partial charge in [0.2, 0.25) is 11.8 Å². The number of amides is 2. The highest BCUT2D eigenvalue weighted by molar-refractivity contribution is 7.92. The van der Waals surface area contributed by atoms with E-state index in [1.54, 1.807) is 30.3 Å². The number of hydrogen-bond acceptors (Lipinski definition) is 5. The largest absolute Gasteiger partial charge is 0.495 e. The van der Waals surface area contributed by atoms with Crippen LogP contribution in [0.25, 0.3) is 0 Å². The average Bonchev–Trinajstić information content (AvgIpc) is 3.10. The molecule has 47 heavy (non-hydrogen) atoms. The highest BCUT2D eigenvalue weighted by Crippen LogP contribution is 2.32. The lowest BCUT2D eigenvalue weighted by atomic mass is 9.94. The van der Waals surface area contributed by atoms with Crippen molar-refractivity contribution < 1.29 is 22.7 Å². The monoisotopic (exact) mass is 673 g/mol. The molecule has 1 aliphatic rings. The summed E-state index contributed by atoms with van der Waals surface area (Å²) < 4.78 is 34.7. The molecule has 4 aromatic rings. The first-order valence-corrected chi connectivity index (χ1v) is 17.7. The van der Waals surface area contributed by atoms with E-state index in [0.29, 0.717) is 5.75 Å². The summed E-state index contributed by atoms with van der Waals surface area (Å²) in [6.07, 6.45) is 5.25. The van der Waals surface area contributed by atoms with Gasteiger partial charge >= 0.3 is 0 Å². The summed E-state index contributed by atoms with van der Waals surface area (Å²) in [6, 6.07) is 30.6. The first-order valence-electron chi connectivity index (χ1n) is 15.9. The lowest BCUT2D eigenvalue weighted by Gasteiger charge is -2.35. The van der Waals surface area contributed by atoms with Gasteiger partial charge in [-0.05, 0) is 54.3 Å². The summed E-state index contributed by atoms with van der Waals surface area (Å²) in [5, 5.41) is 3.42. The normalized spacial score (nSPS) is 14.2. The molecule has 0 aliphatic heterocycles. The van der Waals surface area contributed by atoms with Crippen LogP contribution in [0.15, 0.2) is 114 Å². The highest BCUT2D eigenvalue weighted by Gasteiger charge is 2.35. The number of benzene rings is 4. The van der Waals surface area contributed by atoms with Gasteiger partial charge in [0.15, 0.2) is 0 Å². The fourth-order valence-corrected chi connectivity index (χ4v) is 7.62. The van der Waals surface area contributed by atoms with Gasteiger partial charge in [-0.3, -0.25) is 13.9 Å². The van der Waals surface area contributed by atoms with Crippen LogP contribution in [-0.2, 0) is 32.6 Å².